The Morgan fingerprint density at radius 2 is 1.81 bits per heavy atom. The summed E-state index contributed by atoms with van der Waals surface area (Å²) < 4.78 is 15.9. The van der Waals surface area contributed by atoms with Crippen LogP contribution in [0, 0.1) is 16.7 Å². The summed E-state index contributed by atoms with van der Waals surface area (Å²) in [6, 6.07) is 4.93. The molecule has 1 aromatic rings. The van der Waals surface area contributed by atoms with Crippen LogP contribution in [0.2, 0.25) is 0 Å². The average molecular weight is 293 g/mol. The Morgan fingerprint density at radius 1 is 1.29 bits per heavy atom. The molecule has 21 heavy (non-hydrogen) atoms. The van der Waals surface area contributed by atoms with Crippen molar-refractivity contribution >= 4 is 5.97 Å². The summed E-state index contributed by atoms with van der Waals surface area (Å²) >= 11 is 0. The first-order chi connectivity index (χ1) is 9.84. The first-order valence-corrected chi connectivity index (χ1v) is 6.38. The minimum Gasteiger partial charge on any atom is -0.493 e. The first-order valence-electron chi connectivity index (χ1n) is 6.38. The summed E-state index contributed by atoms with van der Waals surface area (Å²) in [6.07, 6.45) is 0.524. The van der Waals surface area contributed by atoms with Crippen molar-refractivity contribution in [1.82, 2.24) is 0 Å². The lowest BCUT2D eigenvalue weighted by molar-refractivity contribution is 0.0696. The van der Waals surface area contributed by atoms with Gasteiger partial charge in [0.1, 0.15) is 0 Å². The number of benzene rings is 1. The summed E-state index contributed by atoms with van der Waals surface area (Å²) in [4.78, 5) is 11.0. The van der Waals surface area contributed by atoms with Gasteiger partial charge < -0.3 is 19.3 Å². The van der Waals surface area contributed by atoms with Crippen molar-refractivity contribution in [3.63, 3.8) is 0 Å². The largest absolute Gasteiger partial charge is 0.493 e. The monoisotopic (exact) mass is 293 g/mol. The van der Waals surface area contributed by atoms with Gasteiger partial charge in [-0.2, -0.15) is 5.26 Å². The molecule has 0 spiro atoms. The molecule has 1 N–H and O–H groups in total. The van der Waals surface area contributed by atoms with Crippen LogP contribution >= 0.6 is 0 Å². The summed E-state index contributed by atoms with van der Waals surface area (Å²) in [5.74, 6) is -0.189. The van der Waals surface area contributed by atoms with Gasteiger partial charge >= 0.3 is 5.97 Å². The minimum atomic E-state index is -1.08. The van der Waals surface area contributed by atoms with Crippen LogP contribution < -0.4 is 14.2 Å². The molecule has 0 fully saturated rings. The predicted molar refractivity (Wildman–Crippen MR) is 76.0 cm³/mol. The van der Waals surface area contributed by atoms with Gasteiger partial charge in [0.05, 0.1) is 37.9 Å². The van der Waals surface area contributed by atoms with Crippen LogP contribution in [0.25, 0.3) is 0 Å². The van der Waals surface area contributed by atoms with Gasteiger partial charge in [-0.25, -0.2) is 4.79 Å². The van der Waals surface area contributed by atoms with E-state index < -0.39 is 11.4 Å². The Bertz CT molecular complexity index is 535. The topological polar surface area (TPSA) is 88.8 Å². The molecule has 0 atom stereocenters. The van der Waals surface area contributed by atoms with Gasteiger partial charge in [0, 0.05) is 0 Å². The Balaban J connectivity index is 3.00. The molecule has 0 aromatic heterocycles. The lowest BCUT2D eigenvalue weighted by atomic mass is 9.92. The van der Waals surface area contributed by atoms with Crippen LogP contribution in [-0.4, -0.2) is 31.9 Å². The third-order valence-electron chi connectivity index (χ3n) is 2.98. The Labute approximate surface area is 123 Å². The van der Waals surface area contributed by atoms with Crippen molar-refractivity contribution in [1.29, 1.82) is 5.26 Å². The number of ether oxygens (including phenoxy) is 3. The highest BCUT2D eigenvalue weighted by atomic mass is 16.5. The third-order valence-corrected chi connectivity index (χ3v) is 2.98. The van der Waals surface area contributed by atoms with E-state index in [0.717, 1.165) is 0 Å². The SMILES string of the molecule is COc1cc(C(=O)O)cc(OC)c1OCCC(C)(C)C#N. The van der Waals surface area contributed by atoms with E-state index in [1.54, 1.807) is 0 Å². The van der Waals surface area contributed by atoms with E-state index in [4.69, 9.17) is 24.6 Å². The van der Waals surface area contributed by atoms with Crippen LogP contribution in [0.4, 0.5) is 0 Å². The third kappa shape index (κ3) is 4.28. The highest BCUT2D eigenvalue weighted by Gasteiger charge is 2.20. The predicted octanol–water partition coefficient (Wildman–Crippen LogP) is 2.72. The maximum Gasteiger partial charge on any atom is 0.335 e. The van der Waals surface area contributed by atoms with Crippen molar-refractivity contribution in [3.05, 3.63) is 17.7 Å². The zero-order valence-electron chi connectivity index (χ0n) is 12.6. The highest BCUT2D eigenvalue weighted by Crippen LogP contribution is 2.39. The van der Waals surface area contributed by atoms with E-state index >= 15 is 0 Å². The zero-order chi connectivity index (χ0) is 16.0. The second-order valence-corrected chi connectivity index (χ2v) is 5.11. The number of hydrogen-bond acceptors (Lipinski definition) is 5. The number of nitrogens with zero attached hydrogens (tertiary/aromatic N) is 1. The highest BCUT2D eigenvalue weighted by molar-refractivity contribution is 5.89. The molecule has 0 amide bonds. The van der Waals surface area contributed by atoms with Crippen molar-refractivity contribution in [2.45, 2.75) is 20.3 Å². The quantitative estimate of drug-likeness (QED) is 0.831. The molecule has 1 rings (SSSR count). The molecule has 0 aliphatic rings. The molecule has 0 aliphatic heterocycles. The minimum absolute atomic E-state index is 0.0494. The summed E-state index contributed by atoms with van der Waals surface area (Å²) in [5.41, 5.74) is -0.449. The lowest BCUT2D eigenvalue weighted by Gasteiger charge is -2.18. The fourth-order valence-electron chi connectivity index (χ4n) is 1.61. The van der Waals surface area contributed by atoms with Gasteiger partial charge in [-0.1, -0.05) is 0 Å². The van der Waals surface area contributed by atoms with Gasteiger partial charge in [-0.15, -0.1) is 0 Å². The van der Waals surface area contributed by atoms with Gasteiger partial charge in [0.2, 0.25) is 5.75 Å². The van der Waals surface area contributed by atoms with E-state index in [9.17, 15) is 4.79 Å². The summed E-state index contributed by atoms with van der Waals surface area (Å²) in [5, 5.41) is 18.0. The normalized spacial score (nSPS) is 10.6. The van der Waals surface area contributed by atoms with Gasteiger partial charge in [-0.05, 0) is 32.4 Å². The van der Waals surface area contributed by atoms with Crippen LogP contribution in [0.5, 0.6) is 17.2 Å². The number of carboxylic acid groups (broad SMARTS) is 1. The average Bonchev–Trinajstić information content (AvgIpc) is 2.46. The van der Waals surface area contributed by atoms with E-state index in [2.05, 4.69) is 6.07 Å². The number of nitriles is 1. The summed E-state index contributed by atoms with van der Waals surface area (Å²) in [6.45, 7) is 3.93. The first kappa shape index (κ1) is 16.6. The maximum absolute atomic E-state index is 11.0. The second-order valence-electron chi connectivity index (χ2n) is 5.11. The van der Waals surface area contributed by atoms with Crippen LogP contribution in [0.1, 0.15) is 30.6 Å². The fraction of sp³-hybridized carbons (Fsp3) is 0.467. The maximum atomic E-state index is 11.0. The molecule has 0 aliphatic carbocycles. The van der Waals surface area contributed by atoms with Crippen LogP contribution in [0.15, 0.2) is 12.1 Å². The Hall–Kier alpha value is -2.42. The smallest absolute Gasteiger partial charge is 0.335 e. The number of hydrogen-bond donors (Lipinski definition) is 1. The van der Waals surface area contributed by atoms with Gasteiger partial charge in [0.15, 0.2) is 11.5 Å². The molecule has 0 radical (unpaired) electrons. The molecule has 114 valence electrons. The number of rotatable bonds is 7. The number of carboxylic acids is 1. The lowest BCUT2D eigenvalue weighted by Crippen LogP contribution is -2.14. The molecular formula is C15H19NO5. The van der Waals surface area contributed by atoms with Crippen molar-refractivity contribution in [3.8, 4) is 23.3 Å². The second kappa shape index (κ2) is 6.84. The van der Waals surface area contributed by atoms with E-state index in [1.807, 2.05) is 13.8 Å². The van der Waals surface area contributed by atoms with Gasteiger partial charge in [0.25, 0.3) is 0 Å². The molecule has 6 heteroatoms. The molecule has 6 nitrogen and oxygen atoms in total. The molecule has 1 aromatic carbocycles. The molecular weight excluding hydrogens is 274 g/mol. The summed E-state index contributed by atoms with van der Waals surface area (Å²) in [7, 11) is 2.85. The number of aromatic carboxylic acids is 1. The van der Waals surface area contributed by atoms with Crippen molar-refractivity contribution in [2.24, 2.45) is 5.41 Å². The van der Waals surface area contributed by atoms with E-state index in [1.165, 1.54) is 26.4 Å². The van der Waals surface area contributed by atoms with E-state index in [-0.39, 0.29) is 17.1 Å². The molecule has 0 bridgehead atoms. The Kier molecular flexibility index (Phi) is 5.42. The van der Waals surface area contributed by atoms with Crippen LogP contribution in [-0.2, 0) is 0 Å². The standard InChI is InChI=1S/C15H19NO5/c1-15(2,9-16)5-6-21-13-11(19-3)7-10(14(17)18)8-12(13)20-4/h7-8H,5-6H2,1-4H3,(H,17,18). The fourth-order valence-corrected chi connectivity index (χ4v) is 1.61. The molecule has 0 heterocycles. The molecule has 0 saturated heterocycles. The molecule has 0 saturated carbocycles. The van der Waals surface area contributed by atoms with Crippen LogP contribution in [0.3, 0.4) is 0 Å². The number of methoxy groups -OCH3 is 2. The van der Waals surface area contributed by atoms with Crippen molar-refractivity contribution < 1.29 is 24.1 Å². The Morgan fingerprint density at radius 3 is 2.19 bits per heavy atom. The molecule has 0 unspecified atom stereocenters. The van der Waals surface area contributed by atoms with Gasteiger partial charge in [-0.3, -0.25) is 0 Å². The van der Waals surface area contributed by atoms with Crippen molar-refractivity contribution in [2.75, 3.05) is 20.8 Å². The van der Waals surface area contributed by atoms with E-state index in [0.29, 0.717) is 18.8 Å². The zero-order valence-corrected chi connectivity index (χ0v) is 12.6. The number of carbonyl (C=O) groups is 1.